The Balaban J connectivity index is 2.28. The van der Waals surface area contributed by atoms with Crippen LogP contribution in [0.3, 0.4) is 0 Å². The van der Waals surface area contributed by atoms with Gasteiger partial charge in [0.25, 0.3) is 0 Å². The van der Waals surface area contributed by atoms with E-state index in [0.717, 1.165) is 12.8 Å². The molecule has 0 spiro atoms. The molecule has 1 aliphatic rings. The van der Waals surface area contributed by atoms with Gasteiger partial charge in [-0.05, 0) is 19.8 Å². The van der Waals surface area contributed by atoms with Crippen molar-refractivity contribution in [3.8, 4) is 0 Å². The summed E-state index contributed by atoms with van der Waals surface area (Å²) in [4.78, 5) is 11.1. The van der Waals surface area contributed by atoms with Crippen molar-refractivity contribution in [3.63, 3.8) is 0 Å². The molecule has 1 rings (SSSR count). The van der Waals surface area contributed by atoms with Crippen LogP contribution >= 0.6 is 0 Å². The first-order valence-electron chi connectivity index (χ1n) is 3.87. The Bertz CT molecular complexity index is 141. The molecular weight excluding hydrogens is 144 g/mol. The second-order valence-corrected chi connectivity index (χ2v) is 2.80. The van der Waals surface area contributed by atoms with Gasteiger partial charge in [0.2, 0.25) is 5.91 Å². The third-order valence-electron chi connectivity index (χ3n) is 1.59. The molecule has 64 valence electrons. The molecule has 0 aromatic heterocycles. The van der Waals surface area contributed by atoms with Crippen molar-refractivity contribution in [1.82, 2.24) is 5.32 Å². The standard InChI is InChI=1S/C7H14N2O2/c1-5(8)9-7(10)6-3-2-4-11-6/h5-6H,2-4,8H2,1H3,(H,9,10). The molecule has 0 aliphatic carbocycles. The summed E-state index contributed by atoms with van der Waals surface area (Å²) in [5.41, 5.74) is 5.37. The van der Waals surface area contributed by atoms with E-state index in [2.05, 4.69) is 5.32 Å². The quantitative estimate of drug-likeness (QED) is 0.537. The summed E-state index contributed by atoms with van der Waals surface area (Å²) in [6.45, 7) is 2.42. The minimum absolute atomic E-state index is 0.0856. The minimum atomic E-state index is -0.285. The lowest BCUT2D eigenvalue weighted by molar-refractivity contribution is -0.130. The van der Waals surface area contributed by atoms with Gasteiger partial charge in [-0.15, -0.1) is 0 Å². The molecule has 4 nitrogen and oxygen atoms in total. The zero-order valence-corrected chi connectivity index (χ0v) is 6.67. The maximum absolute atomic E-state index is 11.1. The maximum Gasteiger partial charge on any atom is 0.250 e. The third-order valence-corrected chi connectivity index (χ3v) is 1.59. The van der Waals surface area contributed by atoms with E-state index in [0.29, 0.717) is 6.61 Å². The Morgan fingerprint density at radius 2 is 2.55 bits per heavy atom. The fourth-order valence-corrected chi connectivity index (χ4v) is 1.10. The second-order valence-electron chi connectivity index (χ2n) is 2.80. The van der Waals surface area contributed by atoms with Gasteiger partial charge in [-0.2, -0.15) is 0 Å². The third kappa shape index (κ3) is 2.48. The normalized spacial score (nSPS) is 26.5. The zero-order valence-electron chi connectivity index (χ0n) is 6.67. The first-order valence-corrected chi connectivity index (χ1v) is 3.87. The van der Waals surface area contributed by atoms with Gasteiger partial charge in [-0.1, -0.05) is 0 Å². The minimum Gasteiger partial charge on any atom is -0.368 e. The number of carbonyl (C=O) groups is 1. The molecule has 1 heterocycles. The number of hydrogen-bond donors (Lipinski definition) is 2. The van der Waals surface area contributed by atoms with Crippen molar-refractivity contribution in [1.29, 1.82) is 0 Å². The molecule has 0 radical (unpaired) electrons. The van der Waals surface area contributed by atoms with Crippen molar-refractivity contribution in [2.75, 3.05) is 6.61 Å². The van der Waals surface area contributed by atoms with Crippen LogP contribution < -0.4 is 11.1 Å². The van der Waals surface area contributed by atoms with Crippen LogP contribution in [-0.2, 0) is 9.53 Å². The molecule has 2 atom stereocenters. The summed E-state index contributed by atoms with van der Waals surface area (Å²) < 4.78 is 5.15. The Hall–Kier alpha value is -0.610. The number of ether oxygens (including phenoxy) is 1. The molecule has 4 heteroatoms. The molecule has 0 bridgehead atoms. The molecule has 3 N–H and O–H groups in total. The molecule has 1 aliphatic heterocycles. The number of nitrogens with two attached hydrogens (primary N) is 1. The maximum atomic E-state index is 11.1. The Morgan fingerprint density at radius 3 is 3.00 bits per heavy atom. The average molecular weight is 158 g/mol. The zero-order chi connectivity index (χ0) is 8.27. The lowest BCUT2D eigenvalue weighted by Gasteiger charge is -2.12. The van der Waals surface area contributed by atoms with Crippen molar-refractivity contribution in [3.05, 3.63) is 0 Å². The van der Waals surface area contributed by atoms with Gasteiger partial charge in [-0.25, -0.2) is 0 Å². The van der Waals surface area contributed by atoms with Gasteiger partial charge in [-0.3, -0.25) is 4.79 Å². The average Bonchev–Trinajstić information content (AvgIpc) is 2.35. The van der Waals surface area contributed by atoms with Crippen molar-refractivity contribution in [2.45, 2.75) is 32.0 Å². The summed E-state index contributed by atoms with van der Waals surface area (Å²) in [6, 6.07) is 0. The number of rotatable bonds is 2. The van der Waals surface area contributed by atoms with Gasteiger partial charge < -0.3 is 15.8 Å². The first-order chi connectivity index (χ1) is 5.20. The highest BCUT2D eigenvalue weighted by Gasteiger charge is 2.23. The van der Waals surface area contributed by atoms with Crippen molar-refractivity contribution >= 4 is 5.91 Å². The van der Waals surface area contributed by atoms with Crippen LogP contribution in [0.5, 0.6) is 0 Å². The molecule has 2 unspecified atom stereocenters. The Labute approximate surface area is 66.1 Å². The molecule has 11 heavy (non-hydrogen) atoms. The molecular formula is C7H14N2O2. The van der Waals surface area contributed by atoms with E-state index in [4.69, 9.17) is 10.5 Å². The Morgan fingerprint density at radius 1 is 1.82 bits per heavy atom. The highest BCUT2D eigenvalue weighted by Crippen LogP contribution is 2.11. The smallest absolute Gasteiger partial charge is 0.250 e. The van der Waals surface area contributed by atoms with Gasteiger partial charge in [0.1, 0.15) is 6.10 Å². The van der Waals surface area contributed by atoms with Crippen LogP contribution in [0.25, 0.3) is 0 Å². The van der Waals surface area contributed by atoms with E-state index in [1.165, 1.54) is 0 Å². The van der Waals surface area contributed by atoms with Gasteiger partial charge >= 0.3 is 0 Å². The van der Waals surface area contributed by atoms with Crippen LogP contribution in [0.2, 0.25) is 0 Å². The first kappa shape index (κ1) is 8.49. The van der Waals surface area contributed by atoms with E-state index >= 15 is 0 Å². The molecule has 0 aromatic rings. The van der Waals surface area contributed by atoms with Gasteiger partial charge in [0, 0.05) is 6.61 Å². The number of amides is 1. The monoisotopic (exact) mass is 158 g/mol. The van der Waals surface area contributed by atoms with Gasteiger partial charge in [0.15, 0.2) is 0 Å². The summed E-state index contributed by atoms with van der Waals surface area (Å²) >= 11 is 0. The van der Waals surface area contributed by atoms with E-state index < -0.39 is 0 Å². The molecule has 1 amide bonds. The molecule has 0 aromatic carbocycles. The number of carbonyl (C=O) groups excluding carboxylic acids is 1. The lowest BCUT2D eigenvalue weighted by atomic mass is 10.2. The molecule has 0 saturated carbocycles. The van der Waals surface area contributed by atoms with Crippen LogP contribution in [0, 0.1) is 0 Å². The summed E-state index contributed by atoms with van der Waals surface area (Å²) in [7, 11) is 0. The number of nitrogens with one attached hydrogen (secondary N) is 1. The van der Waals surface area contributed by atoms with Crippen LogP contribution in [-0.4, -0.2) is 24.8 Å². The largest absolute Gasteiger partial charge is 0.368 e. The summed E-state index contributed by atoms with van der Waals surface area (Å²) in [5, 5.41) is 2.60. The second kappa shape index (κ2) is 3.69. The predicted molar refractivity (Wildman–Crippen MR) is 40.8 cm³/mol. The topological polar surface area (TPSA) is 64.3 Å². The van der Waals surface area contributed by atoms with Crippen molar-refractivity contribution in [2.24, 2.45) is 5.73 Å². The van der Waals surface area contributed by atoms with Crippen molar-refractivity contribution < 1.29 is 9.53 Å². The van der Waals surface area contributed by atoms with E-state index in [9.17, 15) is 4.79 Å². The summed E-state index contributed by atoms with van der Waals surface area (Å²) in [5.74, 6) is -0.0856. The van der Waals surface area contributed by atoms with Crippen LogP contribution in [0.4, 0.5) is 0 Å². The fraction of sp³-hybridized carbons (Fsp3) is 0.857. The van der Waals surface area contributed by atoms with E-state index in [1.807, 2.05) is 0 Å². The van der Waals surface area contributed by atoms with Crippen LogP contribution in [0.15, 0.2) is 0 Å². The Kier molecular flexibility index (Phi) is 2.84. The highest BCUT2D eigenvalue weighted by molar-refractivity contribution is 5.81. The predicted octanol–water partition coefficient (Wildman–Crippen LogP) is -0.414. The van der Waals surface area contributed by atoms with E-state index in [1.54, 1.807) is 6.92 Å². The fourth-order valence-electron chi connectivity index (χ4n) is 1.10. The molecule has 1 saturated heterocycles. The van der Waals surface area contributed by atoms with E-state index in [-0.39, 0.29) is 18.2 Å². The highest BCUT2D eigenvalue weighted by atomic mass is 16.5. The van der Waals surface area contributed by atoms with Gasteiger partial charge in [0.05, 0.1) is 6.17 Å². The SMILES string of the molecule is CC(N)NC(=O)C1CCCO1. The number of hydrogen-bond acceptors (Lipinski definition) is 3. The lowest BCUT2D eigenvalue weighted by Crippen LogP contribution is -2.44. The van der Waals surface area contributed by atoms with Crippen LogP contribution in [0.1, 0.15) is 19.8 Å². The molecule has 1 fully saturated rings. The summed E-state index contributed by atoms with van der Waals surface area (Å²) in [6.07, 6.45) is 1.24.